The van der Waals surface area contributed by atoms with Crippen LogP contribution in [0.4, 0.5) is 0 Å². The van der Waals surface area contributed by atoms with Crippen LogP contribution in [-0.4, -0.2) is 52.8 Å². The molecule has 2 heterocycles. The molecule has 0 radical (unpaired) electrons. The van der Waals surface area contributed by atoms with Gasteiger partial charge in [-0.25, -0.2) is 0 Å². The second kappa shape index (κ2) is 7.25. The Bertz CT molecular complexity index is 791. The number of nitrogens with zero attached hydrogens (tertiary/aromatic N) is 2. The fourth-order valence-electron chi connectivity index (χ4n) is 2.99. The molecule has 2 aromatic rings. The van der Waals surface area contributed by atoms with Crippen LogP contribution in [-0.2, 0) is 9.53 Å². The van der Waals surface area contributed by atoms with Crippen molar-refractivity contribution in [3.8, 4) is 11.3 Å². The molecule has 7 nitrogen and oxygen atoms in total. The molecule has 1 amide bonds. The number of benzene rings is 1. The van der Waals surface area contributed by atoms with Crippen LogP contribution in [0.5, 0.6) is 0 Å². The van der Waals surface area contributed by atoms with E-state index in [9.17, 15) is 9.59 Å². The lowest BCUT2D eigenvalue weighted by Gasteiger charge is -2.21. The molecule has 0 bridgehead atoms. The minimum Gasteiger partial charge on any atom is -0.481 e. The van der Waals surface area contributed by atoms with Crippen LogP contribution in [0.2, 0.25) is 5.02 Å². The fourth-order valence-corrected chi connectivity index (χ4v) is 3.18. The first-order valence-corrected chi connectivity index (χ1v) is 8.14. The zero-order valence-corrected chi connectivity index (χ0v) is 14.3. The normalized spacial score (nSPS) is 20.0. The van der Waals surface area contributed by atoms with E-state index in [0.717, 1.165) is 0 Å². The standard InChI is InChI=1S/C17H17ClN2O5/c1-24-13-6-12(7-16(21)22)20(9-13)17(23)14-8-15(25-19-14)10-3-2-4-11(18)5-10/h2-5,8,12-13H,6-7,9H2,1H3,(H,21,22). The van der Waals surface area contributed by atoms with Gasteiger partial charge >= 0.3 is 5.97 Å². The van der Waals surface area contributed by atoms with Gasteiger partial charge in [-0.2, -0.15) is 0 Å². The maximum atomic E-state index is 12.7. The van der Waals surface area contributed by atoms with Crippen molar-refractivity contribution in [2.75, 3.05) is 13.7 Å². The summed E-state index contributed by atoms with van der Waals surface area (Å²) in [6, 6.07) is 8.12. The van der Waals surface area contributed by atoms with Gasteiger partial charge in [-0.15, -0.1) is 0 Å². The third-order valence-corrected chi connectivity index (χ3v) is 4.45. The Morgan fingerprint density at radius 3 is 2.92 bits per heavy atom. The summed E-state index contributed by atoms with van der Waals surface area (Å²) in [4.78, 5) is 25.3. The van der Waals surface area contributed by atoms with Gasteiger partial charge in [0.15, 0.2) is 11.5 Å². The number of ether oxygens (including phenoxy) is 1. The fraction of sp³-hybridized carbons (Fsp3) is 0.353. The van der Waals surface area contributed by atoms with Gasteiger partial charge < -0.3 is 19.3 Å². The quantitative estimate of drug-likeness (QED) is 0.876. The Labute approximate surface area is 149 Å². The van der Waals surface area contributed by atoms with E-state index in [1.165, 1.54) is 11.0 Å². The summed E-state index contributed by atoms with van der Waals surface area (Å²) >= 11 is 5.96. The minimum atomic E-state index is -0.959. The Morgan fingerprint density at radius 1 is 1.44 bits per heavy atom. The molecule has 132 valence electrons. The van der Waals surface area contributed by atoms with Gasteiger partial charge in [0.25, 0.3) is 5.91 Å². The second-order valence-corrected chi connectivity index (χ2v) is 6.33. The van der Waals surface area contributed by atoms with Crippen LogP contribution in [0.3, 0.4) is 0 Å². The monoisotopic (exact) mass is 364 g/mol. The number of hydrogen-bond donors (Lipinski definition) is 1. The second-order valence-electron chi connectivity index (χ2n) is 5.89. The van der Waals surface area contributed by atoms with Gasteiger partial charge in [-0.3, -0.25) is 9.59 Å². The summed E-state index contributed by atoms with van der Waals surface area (Å²) < 4.78 is 10.5. The number of amides is 1. The first-order chi connectivity index (χ1) is 12.0. The van der Waals surface area contributed by atoms with Gasteiger partial charge in [0.2, 0.25) is 0 Å². The smallest absolute Gasteiger partial charge is 0.305 e. The summed E-state index contributed by atoms with van der Waals surface area (Å²) in [6.45, 7) is 0.326. The Kier molecular flexibility index (Phi) is 5.06. The first-order valence-electron chi connectivity index (χ1n) is 7.76. The van der Waals surface area contributed by atoms with E-state index in [4.69, 9.17) is 26.0 Å². The average molecular weight is 365 g/mol. The van der Waals surface area contributed by atoms with Crippen molar-refractivity contribution >= 4 is 23.5 Å². The molecule has 1 saturated heterocycles. The maximum Gasteiger partial charge on any atom is 0.305 e. The van der Waals surface area contributed by atoms with Crippen molar-refractivity contribution in [1.29, 1.82) is 0 Å². The number of methoxy groups -OCH3 is 1. The first kappa shape index (κ1) is 17.4. The van der Waals surface area contributed by atoms with Crippen LogP contribution in [0.1, 0.15) is 23.3 Å². The van der Waals surface area contributed by atoms with Gasteiger partial charge in [-0.1, -0.05) is 28.9 Å². The van der Waals surface area contributed by atoms with E-state index in [-0.39, 0.29) is 24.1 Å². The molecule has 1 aliphatic rings. The number of aliphatic carboxylic acids is 1. The molecule has 2 unspecified atom stereocenters. The maximum absolute atomic E-state index is 12.7. The molecule has 1 aromatic carbocycles. The predicted molar refractivity (Wildman–Crippen MR) is 89.4 cm³/mol. The highest BCUT2D eigenvalue weighted by Gasteiger charge is 2.38. The Morgan fingerprint density at radius 2 is 2.24 bits per heavy atom. The lowest BCUT2D eigenvalue weighted by atomic mass is 10.1. The number of carbonyl (C=O) groups excluding carboxylic acids is 1. The highest BCUT2D eigenvalue weighted by molar-refractivity contribution is 6.30. The Balaban J connectivity index is 1.81. The van der Waals surface area contributed by atoms with E-state index in [1.807, 2.05) is 0 Å². The van der Waals surface area contributed by atoms with Gasteiger partial charge in [0.05, 0.1) is 12.5 Å². The zero-order valence-electron chi connectivity index (χ0n) is 13.5. The van der Waals surface area contributed by atoms with Gasteiger partial charge in [0.1, 0.15) is 0 Å². The molecule has 0 aliphatic carbocycles. The number of hydrogen-bond acceptors (Lipinski definition) is 5. The molecular weight excluding hydrogens is 348 g/mol. The SMILES string of the molecule is COC1CC(CC(=O)O)N(C(=O)c2cc(-c3cccc(Cl)c3)on2)C1. The number of carbonyl (C=O) groups is 2. The molecular formula is C17H17ClN2O5. The zero-order chi connectivity index (χ0) is 18.0. The highest BCUT2D eigenvalue weighted by Crippen LogP contribution is 2.27. The minimum absolute atomic E-state index is 0.127. The lowest BCUT2D eigenvalue weighted by molar-refractivity contribution is -0.138. The number of aromatic nitrogens is 1. The van der Waals surface area contributed by atoms with E-state index >= 15 is 0 Å². The van der Waals surface area contributed by atoms with Crippen LogP contribution in [0.25, 0.3) is 11.3 Å². The molecule has 2 atom stereocenters. The van der Waals surface area contributed by atoms with Crippen molar-refractivity contribution in [2.24, 2.45) is 0 Å². The van der Waals surface area contributed by atoms with Crippen LogP contribution in [0, 0.1) is 0 Å². The molecule has 1 aliphatic heterocycles. The molecule has 0 saturated carbocycles. The van der Waals surface area contributed by atoms with E-state index in [0.29, 0.717) is 29.3 Å². The summed E-state index contributed by atoms with van der Waals surface area (Å²) in [7, 11) is 1.55. The van der Waals surface area contributed by atoms with E-state index in [2.05, 4.69) is 5.16 Å². The summed E-state index contributed by atoms with van der Waals surface area (Å²) in [5.74, 6) is -0.912. The third-order valence-electron chi connectivity index (χ3n) is 4.22. The van der Waals surface area contributed by atoms with Crippen LogP contribution in [0.15, 0.2) is 34.9 Å². The van der Waals surface area contributed by atoms with Gasteiger partial charge in [0, 0.05) is 36.3 Å². The highest BCUT2D eigenvalue weighted by atomic mass is 35.5. The van der Waals surface area contributed by atoms with Crippen molar-refractivity contribution in [3.63, 3.8) is 0 Å². The molecule has 0 spiro atoms. The van der Waals surface area contributed by atoms with E-state index < -0.39 is 12.0 Å². The molecule has 25 heavy (non-hydrogen) atoms. The summed E-state index contributed by atoms with van der Waals surface area (Å²) in [5, 5.41) is 13.4. The van der Waals surface area contributed by atoms with Crippen molar-refractivity contribution in [1.82, 2.24) is 10.1 Å². The van der Waals surface area contributed by atoms with Gasteiger partial charge in [-0.05, 0) is 18.6 Å². The number of carboxylic acid groups (broad SMARTS) is 1. The topological polar surface area (TPSA) is 92.9 Å². The van der Waals surface area contributed by atoms with E-state index in [1.54, 1.807) is 31.4 Å². The third kappa shape index (κ3) is 3.83. The van der Waals surface area contributed by atoms with Crippen molar-refractivity contribution in [3.05, 3.63) is 41.0 Å². The predicted octanol–water partition coefficient (Wildman–Crippen LogP) is 2.70. The largest absolute Gasteiger partial charge is 0.481 e. The number of likely N-dealkylation sites (tertiary alicyclic amines) is 1. The Hall–Kier alpha value is -2.38. The summed E-state index contributed by atoms with van der Waals surface area (Å²) in [6.07, 6.45) is 0.158. The molecule has 1 N–H and O–H groups in total. The summed E-state index contributed by atoms with van der Waals surface area (Å²) in [5.41, 5.74) is 0.833. The lowest BCUT2D eigenvalue weighted by Crippen LogP contribution is -2.37. The molecule has 1 fully saturated rings. The number of halogens is 1. The molecule has 8 heteroatoms. The van der Waals surface area contributed by atoms with Crippen LogP contribution >= 0.6 is 11.6 Å². The van der Waals surface area contributed by atoms with Crippen molar-refractivity contribution < 1.29 is 24.0 Å². The van der Waals surface area contributed by atoms with Crippen molar-refractivity contribution in [2.45, 2.75) is 25.0 Å². The number of carboxylic acids is 1. The average Bonchev–Trinajstić information content (AvgIpc) is 3.21. The number of rotatable bonds is 5. The van der Waals surface area contributed by atoms with Crippen LogP contribution < -0.4 is 0 Å². The molecule has 1 aromatic heterocycles. The molecule has 3 rings (SSSR count).